The molecule has 0 unspecified atom stereocenters. The van der Waals surface area contributed by atoms with Gasteiger partial charge in [-0.05, 0) is 36.8 Å². The zero-order chi connectivity index (χ0) is 19.3. The van der Waals surface area contributed by atoms with Gasteiger partial charge in [0.1, 0.15) is 0 Å². The van der Waals surface area contributed by atoms with E-state index in [1.165, 1.54) is 0 Å². The van der Waals surface area contributed by atoms with Crippen LogP contribution in [0.25, 0.3) is 11.1 Å². The second-order valence-electron chi connectivity index (χ2n) is 7.82. The summed E-state index contributed by atoms with van der Waals surface area (Å²) in [4.78, 5) is 27.8. The maximum absolute atomic E-state index is 13.0. The number of ketones is 1. The Morgan fingerprint density at radius 1 is 0.821 bits per heavy atom. The summed E-state index contributed by atoms with van der Waals surface area (Å²) in [5.74, 6) is 0.331. The minimum Gasteiger partial charge on any atom is -0.381 e. The van der Waals surface area contributed by atoms with Crippen molar-refractivity contribution in [3.05, 3.63) is 60.2 Å². The van der Waals surface area contributed by atoms with Crippen molar-refractivity contribution in [3.63, 3.8) is 0 Å². The molecule has 2 aliphatic heterocycles. The first-order valence-electron chi connectivity index (χ1n) is 10.3. The second kappa shape index (κ2) is 8.70. The number of Topliss-reactive ketones (excluding diaryl/α,β-unsaturated/α-hetero) is 1. The Kier molecular flexibility index (Phi) is 5.87. The first-order chi connectivity index (χ1) is 13.7. The molecule has 4 rings (SSSR count). The van der Waals surface area contributed by atoms with Crippen molar-refractivity contribution in [2.45, 2.75) is 25.7 Å². The Morgan fingerprint density at radius 2 is 1.50 bits per heavy atom. The molecule has 1 amide bonds. The Balaban J connectivity index is 1.42. The van der Waals surface area contributed by atoms with Crippen LogP contribution in [-0.2, 0) is 9.53 Å². The standard InChI is InChI=1S/C24H27NO3/c26-23(20-10-8-19(9-11-20)18-5-2-1-3-6-18)22-7-4-14-25(17-22)24(27)21-12-15-28-16-13-21/h1-3,5-6,8-11,21-22H,4,7,12-17H2/t22-/m1/s1. The lowest BCUT2D eigenvalue weighted by Gasteiger charge is -2.35. The fourth-order valence-electron chi connectivity index (χ4n) is 4.29. The van der Waals surface area contributed by atoms with Crippen molar-refractivity contribution in [1.82, 2.24) is 4.90 Å². The molecular formula is C24H27NO3. The highest BCUT2D eigenvalue weighted by molar-refractivity contribution is 5.98. The van der Waals surface area contributed by atoms with Gasteiger partial charge in [-0.2, -0.15) is 0 Å². The Hall–Kier alpha value is -2.46. The fourth-order valence-corrected chi connectivity index (χ4v) is 4.29. The smallest absolute Gasteiger partial charge is 0.225 e. The summed E-state index contributed by atoms with van der Waals surface area (Å²) >= 11 is 0. The molecule has 4 heteroatoms. The van der Waals surface area contributed by atoms with E-state index in [0.29, 0.717) is 19.8 Å². The van der Waals surface area contributed by atoms with Crippen LogP contribution >= 0.6 is 0 Å². The molecule has 0 radical (unpaired) electrons. The molecular weight excluding hydrogens is 350 g/mol. The molecule has 0 bridgehead atoms. The maximum Gasteiger partial charge on any atom is 0.225 e. The Labute approximate surface area is 166 Å². The van der Waals surface area contributed by atoms with E-state index >= 15 is 0 Å². The summed E-state index contributed by atoms with van der Waals surface area (Å²) in [5.41, 5.74) is 2.99. The molecule has 2 aromatic carbocycles. The highest BCUT2D eigenvalue weighted by atomic mass is 16.5. The number of carbonyl (C=O) groups is 2. The Bertz CT molecular complexity index is 810. The van der Waals surface area contributed by atoms with E-state index in [1.807, 2.05) is 47.4 Å². The van der Waals surface area contributed by atoms with Crippen LogP contribution in [0.4, 0.5) is 0 Å². The summed E-state index contributed by atoms with van der Waals surface area (Å²) in [5, 5.41) is 0. The lowest BCUT2D eigenvalue weighted by molar-refractivity contribution is -0.140. The molecule has 2 heterocycles. The van der Waals surface area contributed by atoms with Crippen LogP contribution < -0.4 is 0 Å². The van der Waals surface area contributed by atoms with E-state index in [4.69, 9.17) is 4.74 Å². The molecule has 0 aromatic heterocycles. The summed E-state index contributed by atoms with van der Waals surface area (Å²) in [7, 11) is 0. The first kappa shape index (κ1) is 18.9. The number of carbonyl (C=O) groups excluding carboxylic acids is 2. The summed E-state index contributed by atoms with van der Waals surface area (Å²) < 4.78 is 5.37. The van der Waals surface area contributed by atoms with Gasteiger partial charge in [-0.15, -0.1) is 0 Å². The van der Waals surface area contributed by atoms with Gasteiger partial charge in [0.15, 0.2) is 5.78 Å². The molecule has 0 aliphatic carbocycles. The number of hydrogen-bond acceptors (Lipinski definition) is 3. The molecule has 0 spiro atoms. The van der Waals surface area contributed by atoms with Crippen LogP contribution in [0, 0.1) is 11.8 Å². The first-order valence-corrected chi connectivity index (χ1v) is 10.3. The molecule has 2 fully saturated rings. The summed E-state index contributed by atoms with van der Waals surface area (Å²) in [6.07, 6.45) is 3.36. The average Bonchev–Trinajstić information content (AvgIpc) is 2.79. The van der Waals surface area contributed by atoms with Gasteiger partial charge in [0.25, 0.3) is 0 Å². The molecule has 4 nitrogen and oxygen atoms in total. The largest absolute Gasteiger partial charge is 0.381 e. The molecule has 2 saturated heterocycles. The van der Waals surface area contributed by atoms with Gasteiger partial charge in [-0.1, -0.05) is 54.6 Å². The number of likely N-dealkylation sites (tertiary alicyclic amines) is 1. The number of benzene rings is 2. The minimum atomic E-state index is -0.0971. The van der Waals surface area contributed by atoms with Crippen molar-refractivity contribution in [2.75, 3.05) is 26.3 Å². The number of hydrogen-bond donors (Lipinski definition) is 0. The number of nitrogens with zero attached hydrogens (tertiary/aromatic N) is 1. The number of rotatable bonds is 4. The van der Waals surface area contributed by atoms with Gasteiger partial charge in [0.2, 0.25) is 5.91 Å². The van der Waals surface area contributed by atoms with Crippen molar-refractivity contribution in [1.29, 1.82) is 0 Å². The number of piperidine rings is 1. The van der Waals surface area contributed by atoms with E-state index in [1.54, 1.807) is 0 Å². The lowest BCUT2D eigenvalue weighted by Crippen LogP contribution is -2.45. The molecule has 28 heavy (non-hydrogen) atoms. The monoisotopic (exact) mass is 377 g/mol. The van der Waals surface area contributed by atoms with E-state index < -0.39 is 0 Å². The Morgan fingerprint density at radius 3 is 2.21 bits per heavy atom. The quantitative estimate of drug-likeness (QED) is 0.750. The molecule has 2 aromatic rings. The maximum atomic E-state index is 13.0. The van der Waals surface area contributed by atoms with Crippen LogP contribution in [-0.4, -0.2) is 42.9 Å². The van der Waals surface area contributed by atoms with Crippen molar-refractivity contribution in [2.24, 2.45) is 11.8 Å². The van der Waals surface area contributed by atoms with E-state index in [9.17, 15) is 9.59 Å². The summed E-state index contributed by atoms with van der Waals surface area (Å²) in [6, 6.07) is 18.0. The predicted molar refractivity (Wildman–Crippen MR) is 109 cm³/mol. The van der Waals surface area contributed by atoms with E-state index in [0.717, 1.165) is 48.9 Å². The molecule has 146 valence electrons. The van der Waals surface area contributed by atoms with Crippen molar-refractivity contribution in [3.8, 4) is 11.1 Å². The van der Waals surface area contributed by atoms with E-state index in [2.05, 4.69) is 12.1 Å². The molecule has 0 N–H and O–H groups in total. The highest BCUT2D eigenvalue weighted by Gasteiger charge is 2.32. The van der Waals surface area contributed by atoms with Gasteiger partial charge >= 0.3 is 0 Å². The lowest BCUT2D eigenvalue weighted by atomic mass is 9.88. The third-order valence-corrected chi connectivity index (χ3v) is 5.95. The van der Waals surface area contributed by atoms with Crippen LogP contribution in [0.3, 0.4) is 0 Å². The fraction of sp³-hybridized carbons (Fsp3) is 0.417. The van der Waals surface area contributed by atoms with Crippen LogP contribution in [0.15, 0.2) is 54.6 Å². The number of ether oxygens (including phenoxy) is 1. The minimum absolute atomic E-state index is 0.0627. The van der Waals surface area contributed by atoms with Crippen molar-refractivity contribution < 1.29 is 14.3 Å². The highest BCUT2D eigenvalue weighted by Crippen LogP contribution is 2.26. The van der Waals surface area contributed by atoms with Crippen LogP contribution in [0.1, 0.15) is 36.0 Å². The van der Waals surface area contributed by atoms with Gasteiger partial charge in [0, 0.05) is 43.7 Å². The summed E-state index contributed by atoms with van der Waals surface area (Å²) in [6.45, 7) is 2.66. The zero-order valence-electron chi connectivity index (χ0n) is 16.2. The van der Waals surface area contributed by atoms with Gasteiger partial charge in [-0.25, -0.2) is 0 Å². The third-order valence-electron chi connectivity index (χ3n) is 5.95. The molecule has 0 saturated carbocycles. The van der Waals surface area contributed by atoms with Gasteiger partial charge in [0.05, 0.1) is 0 Å². The van der Waals surface area contributed by atoms with Gasteiger partial charge in [-0.3, -0.25) is 9.59 Å². The molecule has 1 atom stereocenters. The zero-order valence-corrected chi connectivity index (χ0v) is 16.2. The topological polar surface area (TPSA) is 46.6 Å². The third kappa shape index (κ3) is 4.17. The number of amides is 1. The second-order valence-corrected chi connectivity index (χ2v) is 7.82. The van der Waals surface area contributed by atoms with E-state index in [-0.39, 0.29) is 23.5 Å². The SMILES string of the molecule is O=C(c1ccc(-c2ccccc2)cc1)[C@@H]1CCCN(C(=O)C2CCOCC2)C1. The molecule has 2 aliphatic rings. The van der Waals surface area contributed by atoms with Gasteiger partial charge < -0.3 is 9.64 Å². The van der Waals surface area contributed by atoms with Crippen LogP contribution in [0.2, 0.25) is 0 Å². The average molecular weight is 377 g/mol. The predicted octanol–water partition coefficient (Wildman–Crippen LogP) is 4.20. The normalized spacial score (nSPS) is 20.7. The van der Waals surface area contributed by atoms with Crippen LogP contribution in [0.5, 0.6) is 0 Å². The van der Waals surface area contributed by atoms with Crippen molar-refractivity contribution >= 4 is 11.7 Å².